The molecule has 6 heteroatoms. The monoisotopic (exact) mass is 295 g/mol. The SMILES string of the molecule is CNC(=O)Cn1cnc2cc(Br)ccc2c1=O. The lowest BCUT2D eigenvalue weighted by atomic mass is 10.2. The molecule has 1 aromatic heterocycles. The van der Waals surface area contributed by atoms with Gasteiger partial charge in [-0.3, -0.25) is 14.2 Å². The smallest absolute Gasteiger partial charge is 0.261 e. The number of halogens is 1. The van der Waals surface area contributed by atoms with E-state index in [1.165, 1.54) is 17.9 Å². The third kappa shape index (κ3) is 2.36. The molecular weight excluding hydrogens is 286 g/mol. The Morgan fingerprint density at radius 3 is 3.00 bits per heavy atom. The van der Waals surface area contributed by atoms with Crippen LogP contribution in [0.15, 0.2) is 33.8 Å². The zero-order valence-corrected chi connectivity index (χ0v) is 10.7. The lowest BCUT2D eigenvalue weighted by Gasteiger charge is -2.05. The van der Waals surface area contributed by atoms with Crippen molar-refractivity contribution in [2.75, 3.05) is 7.05 Å². The molecule has 0 aliphatic heterocycles. The molecule has 2 rings (SSSR count). The fourth-order valence-electron chi connectivity index (χ4n) is 1.48. The van der Waals surface area contributed by atoms with Crippen molar-refractivity contribution in [3.63, 3.8) is 0 Å². The van der Waals surface area contributed by atoms with Gasteiger partial charge in [0.2, 0.25) is 5.91 Å². The van der Waals surface area contributed by atoms with Gasteiger partial charge in [0.25, 0.3) is 5.56 Å². The molecule has 1 amide bonds. The zero-order chi connectivity index (χ0) is 12.4. The number of aromatic nitrogens is 2. The molecule has 5 nitrogen and oxygen atoms in total. The second kappa shape index (κ2) is 4.67. The van der Waals surface area contributed by atoms with E-state index in [-0.39, 0.29) is 18.0 Å². The van der Waals surface area contributed by atoms with Gasteiger partial charge in [-0.05, 0) is 18.2 Å². The van der Waals surface area contributed by atoms with Gasteiger partial charge in [0.1, 0.15) is 6.54 Å². The molecule has 1 aromatic carbocycles. The summed E-state index contributed by atoms with van der Waals surface area (Å²) >= 11 is 3.31. The van der Waals surface area contributed by atoms with Crippen molar-refractivity contribution < 1.29 is 4.79 Å². The topological polar surface area (TPSA) is 64.0 Å². The molecular formula is C11H10BrN3O2. The Balaban J connectivity index is 2.54. The highest BCUT2D eigenvalue weighted by molar-refractivity contribution is 9.10. The minimum atomic E-state index is -0.231. The molecule has 0 spiro atoms. The fraction of sp³-hybridized carbons (Fsp3) is 0.182. The van der Waals surface area contributed by atoms with Gasteiger partial charge in [-0.1, -0.05) is 15.9 Å². The van der Waals surface area contributed by atoms with E-state index in [1.807, 2.05) is 0 Å². The first-order valence-corrected chi connectivity index (χ1v) is 5.76. The summed E-state index contributed by atoms with van der Waals surface area (Å²) in [6.45, 7) is -0.0195. The number of fused-ring (bicyclic) bond motifs is 1. The molecule has 0 aliphatic carbocycles. The first-order chi connectivity index (χ1) is 8.11. The van der Waals surface area contributed by atoms with Crippen molar-refractivity contribution in [2.45, 2.75) is 6.54 Å². The minimum Gasteiger partial charge on any atom is -0.358 e. The Kier molecular flexibility index (Phi) is 3.23. The van der Waals surface area contributed by atoms with Crippen molar-refractivity contribution in [1.29, 1.82) is 0 Å². The second-order valence-electron chi connectivity index (χ2n) is 3.51. The molecule has 0 bridgehead atoms. The molecule has 1 heterocycles. The molecule has 0 aliphatic rings. The molecule has 0 saturated carbocycles. The van der Waals surface area contributed by atoms with Gasteiger partial charge in [0.15, 0.2) is 0 Å². The Labute approximate surface area is 106 Å². The van der Waals surface area contributed by atoms with Crippen LogP contribution in [0.25, 0.3) is 10.9 Å². The fourth-order valence-corrected chi connectivity index (χ4v) is 1.83. The molecule has 0 atom stereocenters. The number of carbonyl (C=O) groups excluding carboxylic acids is 1. The van der Waals surface area contributed by atoms with E-state index in [0.29, 0.717) is 10.9 Å². The van der Waals surface area contributed by atoms with Gasteiger partial charge >= 0.3 is 0 Å². The van der Waals surface area contributed by atoms with Crippen molar-refractivity contribution in [1.82, 2.24) is 14.9 Å². The summed E-state index contributed by atoms with van der Waals surface area (Å²) in [7, 11) is 1.53. The maximum absolute atomic E-state index is 12.0. The predicted molar refractivity (Wildman–Crippen MR) is 67.8 cm³/mol. The Hall–Kier alpha value is -1.69. The van der Waals surface area contributed by atoms with Gasteiger partial charge in [-0.15, -0.1) is 0 Å². The average Bonchev–Trinajstić information content (AvgIpc) is 2.32. The van der Waals surface area contributed by atoms with Gasteiger partial charge in [-0.25, -0.2) is 4.98 Å². The van der Waals surface area contributed by atoms with Gasteiger partial charge in [-0.2, -0.15) is 0 Å². The van der Waals surface area contributed by atoms with Crippen molar-refractivity contribution in [3.05, 3.63) is 39.4 Å². The molecule has 88 valence electrons. The minimum absolute atomic E-state index is 0.0195. The number of hydrogen-bond acceptors (Lipinski definition) is 3. The van der Waals surface area contributed by atoms with Crippen molar-refractivity contribution in [3.8, 4) is 0 Å². The van der Waals surface area contributed by atoms with Gasteiger partial charge in [0.05, 0.1) is 17.2 Å². The number of nitrogens with zero attached hydrogens (tertiary/aromatic N) is 2. The quantitative estimate of drug-likeness (QED) is 0.895. The maximum atomic E-state index is 12.0. The first-order valence-electron chi connectivity index (χ1n) is 4.97. The lowest BCUT2D eigenvalue weighted by Crippen LogP contribution is -2.30. The summed E-state index contributed by atoms with van der Waals surface area (Å²) in [4.78, 5) is 27.4. The van der Waals surface area contributed by atoms with E-state index in [0.717, 1.165) is 4.47 Å². The van der Waals surface area contributed by atoms with Gasteiger partial charge < -0.3 is 5.32 Å². The lowest BCUT2D eigenvalue weighted by molar-refractivity contribution is -0.121. The normalized spacial score (nSPS) is 10.5. The molecule has 0 saturated heterocycles. The summed E-state index contributed by atoms with van der Waals surface area (Å²) < 4.78 is 2.15. The number of benzene rings is 1. The van der Waals surface area contributed by atoms with Crippen LogP contribution in [-0.4, -0.2) is 22.5 Å². The number of hydrogen-bond donors (Lipinski definition) is 1. The van der Waals surface area contributed by atoms with Crippen LogP contribution in [0.1, 0.15) is 0 Å². The summed E-state index contributed by atoms with van der Waals surface area (Å²) in [6, 6.07) is 5.23. The van der Waals surface area contributed by atoms with Crippen LogP contribution >= 0.6 is 15.9 Å². The molecule has 1 N–H and O–H groups in total. The second-order valence-corrected chi connectivity index (χ2v) is 4.43. The summed E-state index contributed by atoms with van der Waals surface area (Å²) in [5.41, 5.74) is 0.392. The standard InChI is InChI=1S/C11H10BrN3O2/c1-13-10(16)5-15-6-14-9-4-7(12)2-3-8(9)11(15)17/h2-4,6H,5H2,1H3,(H,13,16). The summed E-state index contributed by atoms with van der Waals surface area (Å²) in [6.07, 6.45) is 1.38. The third-order valence-electron chi connectivity index (χ3n) is 2.38. The predicted octanol–water partition coefficient (Wildman–Crippen LogP) is 0.905. The number of likely N-dealkylation sites (N-methyl/N-ethyl adjacent to an activating group) is 1. The van der Waals surface area contributed by atoms with Crippen LogP contribution in [0, 0.1) is 0 Å². The van der Waals surface area contributed by atoms with Crippen LogP contribution in [0.5, 0.6) is 0 Å². The first kappa shape index (κ1) is 11.8. The van der Waals surface area contributed by atoms with Crippen LogP contribution in [-0.2, 0) is 11.3 Å². The van der Waals surface area contributed by atoms with Crippen LogP contribution in [0.2, 0.25) is 0 Å². The number of carbonyl (C=O) groups is 1. The summed E-state index contributed by atoms with van der Waals surface area (Å²) in [5.74, 6) is -0.231. The van der Waals surface area contributed by atoms with E-state index < -0.39 is 0 Å². The highest BCUT2D eigenvalue weighted by Gasteiger charge is 2.06. The maximum Gasteiger partial charge on any atom is 0.261 e. The Morgan fingerprint density at radius 1 is 1.53 bits per heavy atom. The molecule has 0 radical (unpaired) electrons. The number of amides is 1. The largest absolute Gasteiger partial charge is 0.358 e. The molecule has 17 heavy (non-hydrogen) atoms. The van der Waals surface area contributed by atoms with Crippen LogP contribution in [0.3, 0.4) is 0 Å². The third-order valence-corrected chi connectivity index (χ3v) is 2.87. The Morgan fingerprint density at radius 2 is 2.29 bits per heavy atom. The van der Waals surface area contributed by atoms with Crippen LogP contribution in [0.4, 0.5) is 0 Å². The van der Waals surface area contributed by atoms with Crippen LogP contribution < -0.4 is 10.9 Å². The Bertz CT molecular complexity index is 636. The molecule has 0 fully saturated rings. The molecule has 2 aromatic rings. The van der Waals surface area contributed by atoms with E-state index in [4.69, 9.17) is 0 Å². The highest BCUT2D eigenvalue weighted by atomic mass is 79.9. The molecule has 0 unspecified atom stereocenters. The zero-order valence-electron chi connectivity index (χ0n) is 9.11. The van der Waals surface area contributed by atoms with Crippen molar-refractivity contribution in [2.24, 2.45) is 0 Å². The number of rotatable bonds is 2. The van der Waals surface area contributed by atoms with E-state index in [1.54, 1.807) is 18.2 Å². The van der Waals surface area contributed by atoms with E-state index in [9.17, 15) is 9.59 Å². The van der Waals surface area contributed by atoms with Gasteiger partial charge in [0, 0.05) is 11.5 Å². The highest BCUT2D eigenvalue weighted by Crippen LogP contribution is 2.14. The van der Waals surface area contributed by atoms with E-state index >= 15 is 0 Å². The van der Waals surface area contributed by atoms with E-state index in [2.05, 4.69) is 26.2 Å². The summed E-state index contributed by atoms with van der Waals surface area (Å²) in [5, 5.41) is 2.96. The average molecular weight is 296 g/mol. The number of nitrogens with one attached hydrogen (secondary N) is 1. The van der Waals surface area contributed by atoms with Crippen molar-refractivity contribution >= 4 is 32.7 Å².